The summed E-state index contributed by atoms with van der Waals surface area (Å²) in [6.45, 7) is 0. The van der Waals surface area contributed by atoms with Crippen molar-refractivity contribution < 1.29 is 4.74 Å². The fraction of sp³-hybridized carbons (Fsp3) is 0.714. The summed E-state index contributed by atoms with van der Waals surface area (Å²) in [5.41, 5.74) is 4.59. The van der Waals surface area contributed by atoms with E-state index in [4.69, 9.17) is 4.74 Å². The van der Waals surface area contributed by atoms with Crippen LogP contribution in [0.1, 0.15) is 57.8 Å². The molecule has 0 bridgehead atoms. The van der Waals surface area contributed by atoms with Gasteiger partial charge in [-0.15, -0.1) is 0 Å². The highest BCUT2D eigenvalue weighted by Crippen LogP contribution is 2.46. The van der Waals surface area contributed by atoms with Crippen LogP contribution in [0.25, 0.3) is 0 Å². The second-order valence-electron chi connectivity index (χ2n) is 7.88. The molecule has 0 aromatic rings. The largest absolute Gasteiger partial charge is 0.494 e. The predicted octanol–water partition coefficient (Wildman–Crippen LogP) is 4.04. The van der Waals surface area contributed by atoms with Crippen LogP contribution in [0.2, 0.25) is 0 Å². The Morgan fingerprint density at radius 3 is 2.75 bits per heavy atom. The maximum atomic E-state index is 6.40. The van der Waals surface area contributed by atoms with E-state index in [9.17, 15) is 0 Å². The molecule has 0 aromatic heterocycles. The zero-order chi connectivity index (χ0) is 16.5. The highest BCUT2D eigenvalue weighted by atomic mass is 16.5. The van der Waals surface area contributed by atoms with Crippen LogP contribution in [0.3, 0.4) is 0 Å². The topological polar surface area (TPSA) is 33.3 Å². The molecule has 4 rings (SSSR count). The van der Waals surface area contributed by atoms with Crippen molar-refractivity contribution in [3.05, 3.63) is 34.8 Å². The summed E-state index contributed by atoms with van der Waals surface area (Å²) < 4.78 is 6.40. The third kappa shape index (κ3) is 2.81. The molecule has 2 N–H and O–H groups in total. The standard InChI is InChI=1S/C21H32N2O/c1-22-18-9-5-3-8-17(18)21(23-2)14-11-12-16-15-7-4-6-10-19(15)24-20(16)13-14/h11-12,14-15,19,21-23H,3-10,13H2,1-2H3. The van der Waals surface area contributed by atoms with Crippen molar-refractivity contribution in [1.82, 2.24) is 10.6 Å². The fourth-order valence-electron chi connectivity index (χ4n) is 5.38. The van der Waals surface area contributed by atoms with Crippen LogP contribution < -0.4 is 10.6 Å². The van der Waals surface area contributed by atoms with Crippen molar-refractivity contribution in [2.45, 2.75) is 69.9 Å². The zero-order valence-corrected chi connectivity index (χ0v) is 15.2. The fourth-order valence-corrected chi connectivity index (χ4v) is 5.38. The van der Waals surface area contributed by atoms with Gasteiger partial charge in [0.15, 0.2) is 0 Å². The molecule has 132 valence electrons. The van der Waals surface area contributed by atoms with Crippen LogP contribution in [-0.2, 0) is 4.74 Å². The molecule has 1 fully saturated rings. The lowest BCUT2D eigenvalue weighted by molar-refractivity contribution is 0.0754. The summed E-state index contributed by atoms with van der Waals surface area (Å²) in [5, 5.41) is 7.09. The zero-order valence-electron chi connectivity index (χ0n) is 15.2. The lowest BCUT2D eigenvalue weighted by Gasteiger charge is -2.33. The number of hydrogen-bond donors (Lipinski definition) is 2. The summed E-state index contributed by atoms with van der Waals surface area (Å²) in [6, 6.07) is 0.435. The monoisotopic (exact) mass is 328 g/mol. The van der Waals surface area contributed by atoms with Gasteiger partial charge in [-0.2, -0.15) is 0 Å². The molecule has 0 aromatic carbocycles. The van der Waals surface area contributed by atoms with Gasteiger partial charge >= 0.3 is 0 Å². The normalized spacial score (nSPS) is 33.8. The van der Waals surface area contributed by atoms with Gasteiger partial charge in [-0.25, -0.2) is 0 Å². The van der Waals surface area contributed by atoms with Gasteiger partial charge in [0, 0.05) is 37.0 Å². The molecule has 1 aliphatic heterocycles. The van der Waals surface area contributed by atoms with Gasteiger partial charge in [-0.1, -0.05) is 18.6 Å². The summed E-state index contributed by atoms with van der Waals surface area (Å²) in [5.74, 6) is 2.51. The van der Waals surface area contributed by atoms with Crippen molar-refractivity contribution in [3.8, 4) is 0 Å². The Bertz CT molecular complexity index is 574. The van der Waals surface area contributed by atoms with Crippen LogP contribution >= 0.6 is 0 Å². The maximum absolute atomic E-state index is 6.40. The van der Waals surface area contributed by atoms with E-state index < -0.39 is 0 Å². The van der Waals surface area contributed by atoms with E-state index >= 15 is 0 Å². The van der Waals surface area contributed by atoms with E-state index in [1.807, 2.05) is 0 Å². The first kappa shape index (κ1) is 16.3. The van der Waals surface area contributed by atoms with E-state index in [0.29, 0.717) is 24.0 Å². The summed E-state index contributed by atoms with van der Waals surface area (Å²) in [6.07, 6.45) is 16.8. The van der Waals surface area contributed by atoms with Gasteiger partial charge < -0.3 is 15.4 Å². The third-order valence-corrected chi connectivity index (χ3v) is 6.59. The van der Waals surface area contributed by atoms with Gasteiger partial charge in [0.25, 0.3) is 0 Å². The van der Waals surface area contributed by atoms with E-state index in [0.717, 1.165) is 6.42 Å². The van der Waals surface area contributed by atoms with Crippen molar-refractivity contribution >= 4 is 0 Å². The number of rotatable bonds is 4. The van der Waals surface area contributed by atoms with Crippen molar-refractivity contribution in [2.24, 2.45) is 11.8 Å². The van der Waals surface area contributed by atoms with Gasteiger partial charge in [0.2, 0.25) is 0 Å². The molecule has 0 saturated heterocycles. The van der Waals surface area contributed by atoms with E-state index in [1.54, 1.807) is 5.57 Å². The number of allylic oxidation sites excluding steroid dienone is 3. The number of nitrogens with one attached hydrogen (secondary N) is 2. The average Bonchev–Trinajstić information content (AvgIpc) is 3.00. The molecule has 3 nitrogen and oxygen atoms in total. The molecule has 1 heterocycles. The second-order valence-corrected chi connectivity index (χ2v) is 7.88. The number of likely N-dealkylation sites (N-methyl/N-ethyl adjacent to an activating group) is 1. The molecule has 3 aliphatic carbocycles. The van der Waals surface area contributed by atoms with Crippen molar-refractivity contribution in [3.63, 3.8) is 0 Å². The number of hydrogen-bond acceptors (Lipinski definition) is 3. The highest BCUT2D eigenvalue weighted by Gasteiger charge is 2.40. The molecule has 24 heavy (non-hydrogen) atoms. The minimum atomic E-state index is 0.435. The Balaban J connectivity index is 1.54. The molecule has 0 radical (unpaired) electrons. The molecule has 4 unspecified atom stereocenters. The highest BCUT2D eigenvalue weighted by molar-refractivity contribution is 5.37. The third-order valence-electron chi connectivity index (χ3n) is 6.59. The van der Waals surface area contributed by atoms with E-state index in [-0.39, 0.29) is 0 Å². The lowest BCUT2D eigenvalue weighted by atomic mass is 9.77. The number of fused-ring (bicyclic) bond motifs is 2. The van der Waals surface area contributed by atoms with Gasteiger partial charge in [-0.3, -0.25) is 0 Å². The SMILES string of the molecule is CNC1=C(C(NC)C2C=CC3=C(C2)OC2CCCCC32)CCCC1. The Labute approximate surface area is 146 Å². The minimum Gasteiger partial charge on any atom is -0.494 e. The second kappa shape index (κ2) is 6.95. The van der Waals surface area contributed by atoms with Crippen LogP contribution in [0, 0.1) is 11.8 Å². The van der Waals surface area contributed by atoms with Gasteiger partial charge in [0.05, 0.1) is 0 Å². The van der Waals surface area contributed by atoms with Gasteiger partial charge in [0.1, 0.15) is 11.9 Å². The minimum absolute atomic E-state index is 0.435. The average molecular weight is 329 g/mol. The molecular formula is C21H32N2O. The molecule has 4 atom stereocenters. The Kier molecular flexibility index (Phi) is 4.71. The van der Waals surface area contributed by atoms with E-state index in [2.05, 4.69) is 36.9 Å². The summed E-state index contributed by atoms with van der Waals surface area (Å²) in [7, 11) is 4.20. The first-order valence-corrected chi connectivity index (χ1v) is 9.96. The molecule has 4 aliphatic rings. The Hall–Kier alpha value is -1.22. The maximum Gasteiger partial charge on any atom is 0.105 e. The molecular weight excluding hydrogens is 296 g/mol. The Morgan fingerprint density at radius 1 is 1.08 bits per heavy atom. The summed E-state index contributed by atoms with van der Waals surface area (Å²) in [4.78, 5) is 0. The predicted molar refractivity (Wildman–Crippen MR) is 98.5 cm³/mol. The first-order chi connectivity index (χ1) is 11.8. The summed E-state index contributed by atoms with van der Waals surface area (Å²) >= 11 is 0. The molecule has 0 amide bonds. The van der Waals surface area contributed by atoms with Crippen LogP contribution in [0.15, 0.2) is 34.8 Å². The molecule has 3 heteroatoms. The lowest BCUT2D eigenvalue weighted by Crippen LogP contribution is -2.38. The van der Waals surface area contributed by atoms with Crippen molar-refractivity contribution in [2.75, 3.05) is 14.1 Å². The Morgan fingerprint density at radius 2 is 1.92 bits per heavy atom. The van der Waals surface area contributed by atoms with Crippen LogP contribution in [0.4, 0.5) is 0 Å². The number of ether oxygens (including phenoxy) is 1. The quantitative estimate of drug-likeness (QED) is 0.817. The first-order valence-electron chi connectivity index (χ1n) is 9.96. The van der Waals surface area contributed by atoms with Crippen LogP contribution in [-0.4, -0.2) is 26.2 Å². The van der Waals surface area contributed by atoms with E-state index in [1.165, 1.54) is 68.4 Å². The van der Waals surface area contributed by atoms with Crippen molar-refractivity contribution in [1.29, 1.82) is 0 Å². The molecule has 0 spiro atoms. The smallest absolute Gasteiger partial charge is 0.105 e. The van der Waals surface area contributed by atoms with Gasteiger partial charge in [-0.05, 0) is 63.1 Å². The molecule has 1 saturated carbocycles. The van der Waals surface area contributed by atoms with Crippen LogP contribution in [0.5, 0.6) is 0 Å².